The number of amides is 1. The Bertz CT molecular complexity index is 355. The van der Waals surface area contributed by atoms with Crippen LogP contribution in [0, 0.1) is 0 Å². The van der Waals surface area contributed by atoms with Crippen molar-refractivity contribution in [1.82, 2.24) is 5.32 Å². The summed E-state index contributed by atoms with van der Waals surface area (Å²) in [6.45, 7) is 0.700. The van der Waals surface area contributed by atoms with E-state index in [4.69, 9.17) is 4.74 Å². The molecule has 1 N–H and O–H groups in total. The summed E-state index contributed by atoms with van der Waals surface area (Å²) in [4.78, 5) is 11.6. The number of alkyl halides is 1. The summed E-state index contributed by atoms with van der Waals surface area (Å²) in [6.07, 6.45) is 0.594. The minimum atomic E-state index is -0.294. The highest BCUT2D eigenvalue weighted by Crippen LogP contribution is 2.38. The molecule has 0 aliphatic carbocycles. The fourth-order valence-corrected chi connectivity index (χ4v) is 1.87. The lowest BCUT2D eigenvalue weighted by Gasteiger charge is -2.00. The molecule has 2 rings (SSSR count). The molecular formula is C12H14BrNO2. The van der Waals surface area contributed by atoms with Gasteiger partial charge in [-0.3, -0.25) is 4.79 Å². The summed E-state index contributed by atoms with van der Waals surface area (Å²) in [7, 11) is 0. The largest absolute Gasteiger partial charge is 0.354 e. The lowest BCUT2D eigenvalue weighted by Crippen LogP contribution is -2.29. The van der Waals surface area contributed by atoms with Crippen LogP contribution in [-0.2, 0) is 9.53 Å². The minimum absolute atomic E-state index is 0.00481. The molecule has 4 heteroatoms. The predicted molar refractivity (Wildman–Crippen MR) is 65.5 cm³/mol. The molecule has 3 nitrogen and oxygen atoms in total. The van der Waals surface area contributed by atoms with Crippen LogP contribution in [0.1, 0.15) is 18.1 Å². The smallest absolute Gasteiger partial charge is 0.252 e. The first-order valence-electron chi connectivity index (χ1n) is 5.37. The van der Waals surface area contributed by atoms with Gasteiger partial charge in [0.15, 0.2) is 6.10 Å². The third kappa shape index (κ3) is 2.83. The van der Waals surface area contributed by atoms with Crippen molar-refractivity contribution in [2.75, 3.05) is 11.9 Å². The lowest BCUT2D eigenvalue weighted by atomic mass is 10.1. The van der Waals surface area contributed by atoms with Gasteiger partial charge in [-0.05, 0) is 12.0 Å². The summed E-state index contributed by atoms with van der Waals surface area (Å²) in [5, 5.41) is 3.76. The van der Waals surface area contributed by atoms with Gasteiger partial charge in [0.2, 0.25) is 0 Å². The monoisotopic (exact) mass is 283 g/mol. The van der Waals surface area contributed by atoms with E-state index in [1.54, 1.807) is 0 Å². The number of carbonyl (C=O) groups is 1. The molecule has 0 radical (unpaired) electrons. The number of epoxide rings is 1. The Labute approximate surface area is 103 Å². The molecule has 16 heavy (non-hydrogen) atoms. The van der Waals surface area contributed by atoms with Gasteiger partial charge in [-0.15, -0.1) is 0 Å². The molecule has 0 unspecified atom stereocenters. The third-order valence-electron chi connectivity index (χ3n) is 2.49. The first-order chi connectivity index (χ1) is 7.83. The van der Waals surface area contributed by atoms with E-state index in [1.807, 2.05) is 30.3 Å². The van der Waals surface area contributed by atoms with E-state index in [9.17, 15) is 4.79 Å². The van der Waals surface area contributed by atoms with Crippen molar-refractivity contribution in [2.45, 2.75) is 18.6 Å². The maximum absolute atomic E-state index is 11.6. The number of hydrogen-bond acceptors (Lipinski definition) is 2. The molecule has 2 atom stereocenters. The first-order valence-corrected chi connectivity index (χ1v) is 6.49. The van der Waals surface area contributed by atoms with Crippen LogP contribution in [0.5, 0.6) is 0 Å². The average molecular weight is 284 g/mol. The van der Waals surface area contributed by atoms with Gasteiger partial charge >= 0.3 is 0 Å². The van der Waals surface area contributed by atoms with Crippen LogP contribution in [0.3, 0.4) is 0 Å². The van der Waals surface area contributed by atoms with Crippen LogP contribution in [0.25, 0.3) is 0 Å². The number of hydrogen-bond donors (Lipinski definition) is 1. The number of rotatable bonds is 5. The van der Waals surface area contributed by atoms with Gasteiger partial charge in [0.05, 0.1) is 0 Å². The van der Waals surface area contributed by atoms with Gasteiger partial charge in [0, 0.05) is 11.9 Å². The Morgan fingerprint density at radius 2 is 2.12 bits per heavy atom. The summed E-state index contributed by atoms with van der Waals surface area (Å²) < 4.78 is 5.37. The molecule has 0 spiro atoms. The van der Waals surface area contributed by atoms with E-state index >= 15 is 0 Å². The second-order valence-electron chi connectivity index (χ2n) is 3.72. The second kappa shape index (κ2) is 5.46. The molecule has 0 saturated carbocycles. The lowest BCUT2D eigenvalue weighted by molar-refractivity contribution is -0.122. The Balaban J connectivity index is 1.80. The second-order valence-corrected chi connectivity index (χ2v) is 4.51. The van der Waals surface area contributed by atoms with E-state index in [2.05, 4.69) is 21.2 Å². The number of carbonyl (C=O) groups excluding carboxylic acids is 1. The maximum Gasteiger partial charge on any atom is 0.252 e. The number of halogens is 1. The summed E-state index contributed by atoms with van der Waals surface area (Å²) in [5.41, 5.74) is 1.07. The number of nitrogens with one attached hydrogen (secondary N) is 1. The standard InChI is InChI=1S/C12H14BrNO2/c13-7-4-8-14-12(15)11-10(16-11)9-5-2-1-3-6-9/h1-3,5-6,10-11H,4,7-8H2,(H,14,15)/t10-,11+/m1/s1. The van der Waals surface area contributed by atoms with E-state index < -0.39 is 0 Å². The van der Waals surface area contributed by atoms with Crippen molar-refractivity contribution >= 4 is 21.8 Å². The van der Waals surface area contributed by atoms with Crippen LogP contribution in [0.15, 0.2) is 30.3 Å². The zero-order valence-corrected chi connectivity index (χ0v) is 10.4. The zero-order chi connectivity index (χ0) is 11.4. The number of benzene rings is 1. The molecule has 0 aromatic heterocycles. The molecular weight excluding hydrogens is 270 g/mol. The van der Waals surface area contributed by atoms with Crippen LogP contribution in [0.2, 0.25) is 0 Å². The van der Waals surface area contributed by atoms with Crippen molar-refractivity contribution in [3.05, 3.63) is 35.9 Å². The van der Waals surface area contributed by atoms with E-state index in [0.29, 0.717) is 6.54 Å². The van der Waals surface area contributed by atoms with Crippen molar-refractivity contribution in [1.29, 1.82) is 0 Å². The van der Waals surface area contributed by atoms with Crippen molar-refractivity contribution in [3.63, 3.8) is 0 Å². The highest BCUT2D eigenvalue weighted by Gasteiger charge is 2.45. The zero-order valence-electron chi connectivity index (χ0n) is 8.86. The van der Waals surface area contributed by atoms with Crippen LogP contribution in [-0.4, -0.2) is 23.9 Å². The molecule has 1 aliphatic rings. The Kier molecular flexibility index (Phi) is 3.96. The van der Waals surface area contributed by atoms with Crippen LogP contribution < -0.4 is 5.32 Å². The molecule has 1 heterocycles. The van der Waals surface area contributed by atoms with Crippen molar-refractivity contribution in [3.8, 4) is 0 Å². The molecule has 1 aliphatic heterocycles. The predicted octanol–water partition coefficient (Wildman–Crippen LogP) is 2.03. The SMILES string of the molecule is O=C(NCCCBr)[C@H]1O[C@@H]1c1ccccc1. The highest BCUT2D eigenvalue weighted by atomic mass is 79.9. The molecule has 1 amide bonds. The molecule has 1 aromatic rings. The molecule has 0 bridgehead atoms. The van der Waals surface area contributed by atoms with Gasteiger partial charge in [-0.25, -0.2) is 0 Å². The Morgan fingerprint density at radius 3 is 2.81 bits per heavy atom. The quantitative estimate of drug-likeness (QED) is 0.510. The minimum Gasteiger partial charge on any atom is -0.354 e. The fourth-order valence-electron chi connectivity index (χ4n) is 1.59. The topological polar surface area (TPSA) is 41.6 Å². The van der Waals surface area contributed by atoms with Crippen molar-refractivity contribution in [2.24, 2.45) is 0 Å². The molecule has 86 valence electrons. The van der Waals surface area contributed by atoms with Crippen LogP contribution in [0.4, 0.5) is 0 Å². The van der Waals surface area contributed by atoms with Crippen molar-refractivity contribution < 1.29 is 9.53 Å². The van der Waals surface area contributed by atoms with Crippen LogP contribution >= 0.6 is 15.9 Å². The summed E-state index contributed by atoms with van der Waals surface area (Å²) in [5.74, 6) is -0.00481. The Morgan fingerprint density at radius 1 is 1.38 bits per heavy atom. The number of ether oxygens (including phenoxy) is 1. The average Bonchev–Trinajstić information content (AvgIpc) is 3.10. The van der Waals surface area contributed by atoms with Gasteiger partial charge in [0.1, 0.15) is 6.10 Å². The highest BCUT2D eigenvalue weighted by molar-refractivity contribution is 9.09. The maximum atomic E-state index is 11.6. The summed E-state index contributed by atoms with van der Waals surface area (Å²) in [6, 6.07) is 9.83. The first kappa shape index (κ1) is 11.6. The van der Waals surface area contributed by atoms with E-state index in [0.717, 1.165) is 17.3 Å². The molecule has 1 fully saturated rings. The third-order valence-corrected chi connectivity index (χ3v) is 3.05. The van der Waals surface area contributed by atoms with E-state index in [1.165, 1.54) is 0 Å². The normalized spacial score (nSPS) is 22.8. The molecule has 1 saturated heterocycles. The summed E-state index contributed by atoms with van der Waals surface area (Å²) >= 11 is 3.32. The Hall–Kier alpha value is -0.870. The fraction of sp³-hybridized carbons (Fsp3) is 0.417. The van der Waals surface area contributed by atoms with Gasteiger partial charge in [-0.1, -0.05) is 46.3 Å². The van der Waals surface area contributed by atoms with Gasteiger partial charge in [-0.2, -0.15) is 0 Å². The van der Waals surface area contributed by atoms with E-state index in [-0.39, 0.29) is 18.1 Å². The van der Waals surface area contributed by atoms with Gasteiger partial charge < -0.3 is 10.1 Å². The van der Waals surface area contributed by atoms with Gasteiger partial charge in [0.25, 0.3) is 5.91 Å². The molecule has 1 aromatic carbocycles.